The van der Waals surface area contributed by atoms with Gasteiger partial charge >= 0.3 is 0 Å². The molecule has 10 heteroatoms. The Morgan fingerprint density at radius 3 is 2.75 bits per heavy atom. The zero-order valence-corrected chi connectivity index (χ0v) is 18.8. The maximum absolute atomic E-state index is 13.2. The Balaban J connectivity index is 1.53. The summed E-state index contributed by atoms with van der Waals surface area (Å²) in [4.78, 5) is 34.0. The molecule has 1 atom stereocenters. The molecule has 2 aromatic heterocycles. The second-order valence-corrected chi connectivity index (χ2v) is 8.57. The molecule has 32 heavy (non-hydrogen) atoms. The van der Waals surface area contributed by atoms with Crippen molar-refractivity contribution >= 4 is 40.3 Å². The number of fused-ring (bicyclic) bond motifs is 1. The van der Waals surface area contributed by atoms with Gasteiger partial charge in [0, 0.05) is 12.1 Å². The largest absolute Gasteiger partial charge is 0.338 e. The molecule has 1 N–H and O–H groups in total. The van der Waals surface area contributed by atoms with Crippen LogP contribution in [0.1, 0.15) is 18.5 Å². The van der Waals surface area contributed by atoms with Gasteiger partial charge in [0.05, 0.1) is 23.7 Å². The number of nitrogens with zero attached hydrogens (tertiary/aromatic N) is 4. The number of amides is 1. The van der Waals surface area contributed by atoms with Gasteiger partial charge in [-0.2, -0.15) is 5.10 Å². The SMILES string of the molecule is C[C@@H](c1ccc(F)cc1)N(C)C(=O)CSc1nc2c(cnn2-c2cccc(Cl)c2)c(=O)[nH]1. The molecule has 0 spiro atoms. The molecule has 0 saturated heterocycles. The Bertz CT molecular complexity index is 1340. The highest BCUT2D eigenvalue weighted by atomic mass is 35.5. The summed E-state index contributed by atoms with van der Waals surface area (Å²) in [7, 11) is 1.69. The average molecular weight is 472 g/mol. The number of aromatic nitrogens is 4. The molecular weight excluding hydrogens is 453 g/mol. The lowest BCUT2D eigenvalue weighted by Gasteiger charge is -2.25. The Morgan fingerprint density at radius 1 is 1.28 bits per heavy atom. The first-order chi connectivity index (χ1) is 15.3. The van der Waals surface area contributed by atoms with E-state index in [9.17, 15) is 14.0 Å². The van der Waals surface area contributed by atoms with Crippen LogP contribution < -0.4 is 5.56 Å². The van der Waals surface area contributed by atoms with Gasteiger partial charge in [-0.05, 0) is 42.8 Å². The second kappa shape index (κ2) is 9.13. The molecular formula is C22H19ClFN5O2S. The van der Waals surface area contributed by atoms with E-state index in [-0.39, 0.29) is 29.1 Å². The first-order valence-corrected chi connectivity index (χ1v) is 11.1. The van der Waals surface area contributed by atoms with Crippen LogP contribution in [0.4, 0.5) is 4.39 Å². The van der Waals surface area contributed by atoms with Crippen molar-refractivity contribution in [2.75, 3.05) is 12.8 Å². The van der Waals surface area contributed by atoms with Gasteiger partial charge in [0.2, 0.25) is 5.91 Å². The highest BCUT2D eigenvalue weighted by molar-refractivity contribution is 7.99. The molecule has 2 aromatic carbocycles. The van der Waals surface area contributed by atoms with Crippen molar-refractivity contribution < 1.29 is 9.18 Å². The van der Waals surface area contributed by atoms with Gasteiger partial charge in [0.25, 0.3) is 5.56 Å². The molecule has 0 aliphatic rings. The molecule has 0 saturated carbocycles. The van der Waals surface area contributed by atoms with Crippen LogP contribution in [0, 0.1) is 5.82 Å². The van der Waals surface area contributed by atoms with Gasteiger partial charge in [-0.1, -0.05) is 41.6 Å². The number of carbonyl (C=O) groups excluding carboxylic acids is 1. The topological polar surface area (TPSA) is 83.9 Å². The van der Waals surface area contributed by atoms with Crippen LogP contribution in [0.15, 0.2) is 64.7 Å². The maximum atomic E-state index is 13.2. The number of carbonyl (C=O) groups is 1. The van der Waals surface area contributed by atoms with Crippen LogP contribution >= 0.6 is 23.4 Å². The number of H-pyrrole nitrogens is 1. The van der Waals surface area contributed by atoms with Gasteiger partial charge in [0.1, 0.15) is 11.2 Å². The predicted octanol–water partition coefficient (Wildman–Crippen LogP) is 4.21. The van der Waals surface area contributed by atoms with Crippen LogP contribution in [0.5, 0.6) is 0 Å². The Morgan fingerprint density at radius 2 is 2.03 bits per heavy atom. The zero-order chi connectivity index (χ0) is 22.8. The maximum Gasteiger partial charge on any atom is 0.262 e. The fraction of sp³-hybridized carbons (Fsp3) is 0.182. The number of halogens is 2. The van der Waals surface area contributed by atoms with E-state index in [1.165, 1.54) is 23.0 Å². The van der Waals surface area contributed by atoms with E-state index in [1.54, 1.807) is 42.3 Å². The molecule has 0 bridgehead atoms. The van der Waals surface area contributed by atoms with E-state index in [2.05, 4.69) is 15.1 Å². The van der Waals surface area contributed by atoms with E-state index in [0.717, 1.165) is 17.3 Å². The van der Waals surface area contributed by atoms with Crippen molar-refractivity contribution in [1.82, 2.24) is 24.6 Å². The third-order valence-electron chi connectivity index (χ3n) is 5.13. The summed E-state index contributed by atoms with van der Waals surface area (Å²) in [6, 6.07) is 12.9. The molecule has 0 unspecified atom stereocenters. The molecule has 2 heterocycles. The first kappa shape index (κ1) is 22.0. The summed E-state index contributed by atoms with van der Waals surface area (Å²) in [6.45, 7) is 1.87. The van der Waals surface area contributed by atoms with Crippen molar-refractivity contribution in [2.45, 2.75) is 18.1 Å². The molecule has 0 radical (unpaired) electrons. The number of hydrogen-bond acceptors (Lipinski definition) is 5. The number of nitrogens with one attached hydrogen (secondary N) is 1. The minimum Gasteiger partial charge on any atom is -0.338 e. The summed E-state index contributed by atoms with van der Waals surface area (Å²) in [5.74, 6) is -0.409. The quantitative estimate of drug-likeness (QED) is 0.336. The third-order valence-corrected chi connectivity index (χ3v) is 6.22. The Hall–Kier alpha value is -3.17. The summed E-state index contributed by atoms with van der Waals surface area (Å²) in [6.07, 6.45) is 1.44. The lowest BCUT2D eigenvalue weighted by atomic mass is 10.1. The van der Waals surface area contributed by atoms with Crippen molar-refractivity contribution in [3.63, 3.8) is 0 Å². The second-order valence-electron chi connectivity index (χ2n) is 7.17. The molecule has 164 valence electrons. The monoisotopic (exact) mass is 471 g/mol. The standard InChI is InChI=1S/C22H19ClFN5O2S/c1-13(14-6-8-16(24)9-7-14)28(2)19(30)12-32-22-26-20-18(21(31)27-22)11-25-29(20)17-5-3-4-15(23)10-17/h3-11,13H,12H2,1-2H3,(H,26,27,31)/t13-/m0/s1. The minimum absolute atomic E-state index is 0.0712. The fourth-order valence-corrected chi connectivity index (χ4v) is 4.14. The van der Waals surface area contributed by atoms with Gasteiger partial charge in [-0.25, -0.2) is 14.1 Å². The van der Waals surface area contributed by atoms with Crippen LogP contribution in [0.3, 0.4) is 0 Å². The van der Waals surface area contributed by atoms with E-state index < -0.39 is 0 Å². The molecule has 0 aliphatic heterocycles. The van der Waals surface area contributed by atoms with Crippen molar-refractivity contribution in [3.8, 4) is 5.69 Å². The summed E-state index contributed by atoms with van der Waals surface area (Å²) in [5, 5.41) is 5.44. The van der Waals surface area contributed by atoms with Gasteiger partial charge in [-0.15, -0.1) is 0 Å². The summed E-state index contributed by atoms with van der Waals surface area (Å²) < 4.78 is 14.7. The van der Waals surface area contributed by atoms with Gasteiger partial charge < -0.3 is 9.88 Å². The molecule has 0 fully saturated rings. The smallest absolute Gasteiger partial charge is 0.262 e. The normalized spacial score (nSPS) is 12.1. The molecule has 1 amide bonds. The van der Waals surface area contributed by atoms with E-state index in [1.807, 2.05) is 13.0 Å². The van der Waals surface area contributed by atoms with Crippen LogP contribution in [0.25, 0.3) is 16.7 Å². The van der Waals surface area contributed by atoms with Crippen LogP contribution in [0.2, 0.25) is 5.02 Å². The first-order valence-electron chi connectivity index (χ1n) is 9.71. The summed E-state index contributed by atoms with van der Waals surface area (Å²) in [5.41, 5.74) is 1.53. The Kier molecular flexibility index (Phi) is 6.29. The van der Waals surface area contributed by atoms with E-state index >= 15 is 0 Å². The third kappa shape index (κ3) is 4.53. The lowest BCUT2D eigenvalue weighted by molar-refractivity contribution is -0.128. The highest BCUT2D eigenvalue weighted by Crippen LogP contribution is 2.23. The zero-order valence-electron chi connectivity index (χ0n) is 17.3. The highest BCUT2D eigenvalue weighted by Gasteiger charge is 2.19. The van der Waals surface area contributed by atoms with Crippen LogP contribution in [-0.4, -0.2) is 43.4 Å². The number of aromatic amines is 1. The Labute approximate surface area is 192 Å². The predicted molar refractivity (Wildman–Crippen MR) is 123 cm³/mol. The van der Waals surface area contributed by atoms with Crippen molar-refractivity contribution in [3.05, 3.63) is 81.5 Å². The van der Waals surface area contributed by atoms with Crippen molar-refractivity contribution in [1.29, 1.82) is 0 Å². The molecule has 0 aliphatic carbocycles. The number of hydrogen-bond donors (Lipinski definition) is 1. The molecule has 4 aromatic rings. The molecule has 4 rings (SSSR count). The lowest BCUT2D eigenvalue weighted by Crippen LogP contribution is -2.31. The number of benzene rings is 2. The van der Waals surface area contributed by atoms with E-state index in [0.29, 0.717) is 26.9 Å². The number of thioether (sulfide) groups is 1. The van der Waals surface area contributed by atoms with Gasteiger partial charge in [0.15, 0.2) is 10.8 Å². The van der Waals surface area contributed by atoms with E-state index in [4.69, 9.17) is 11.6 Å². The fourth-order valence-electron chi connectivity index (χ4n) is 3.18. The van der Waals surface area contributed by atoms with Crippen LogP contribution in [-0.2, 0) is 4.79 Å². The number of rotatable bonds is 6. The minimum atomic E-state index is -0.341. The average Bonchev–Trinajstić information content (AvgIpc) is 3.21. The van der Waals surface area contributed by atoms with Crippen molar-refractivity contribution in [2.24, 2.45) is 0 Å². The summed E-state index contributed by atoms with van der Waals surface area (Å²) >= 11 is 7.20. The molecule has 7 nitrogen and oxygen atoms in total. The van der Waals surface area contributed by atoms with Gasteiger partial charge in [-0.3, -0.25) is 9.59 Å².